The molecule has 2 fully saturated rings. The van der Waals surface area contributed by atoms with Gasteiger partial charge in [-0.15, -0.1) is 11.3 Å². The number of nitrogens with one attached hydrogen (secondary N) is 1. The highest BCUT2D eigenvalue weighted by Gasteiger charge is 2.31. The van der Waals surface area contributed by atoms with Crippen molar-refractivity contribution in [1.29, 1.82) is 0 Å². The van der Waals surface area contributed by atoms with Gasteiger partial charge in [0.1, 0.15) is 11.1 Å². The molecule has 1 heterocycles. The van der Waals surface area contributed by atoms with Crippen LogP contribution in [-0.2, 0) is 11.3 Å². The second kappa shape index (κ2) is 5.27. The summed E-state index contributed by atoms with van der Waals surface area (Å²) in [5.41, 5.74) is 1.36. The van der Waals surface area contributed by atoms with E-state index in [1.807, 2.05) is 18.3 Å². The lowest BCUT2D eigenvalue weighted by Crippen LogP contribution is -2.15. The van der Waals surface area contributed by atoms with E-state index < -0.39 is 0 Å². The van der Waals surface area contributed by atoms with Crippen molar-refractivity contribution in [3.8, 4) is 0 Å². The van der Waals surface area contributed by atoms with E-state index >= 15 is 0 Å². The van der Waals surface area contributed by atoms with Crippen molar-refractivity contribution in [2.45, 2.75) is 64.1 Å². The van der Waals surface area contributed by atoms with E-state index in [0.717, 1.165) is 30.1 Å². The van der Waals surface area contributed by atoms with Crippen LogP contribution < -0.4 is 5.32 Å². The van der Waals surface area contributed by atoms with Crippen LogP contribution in [0.25, 0.3) is 0 Å². The summed E-state index contributed by atoms with van der Waals surface area (Å²) >= 11 is 1.85. The largest absolute Gasteiger partial charge is 0.372 e. The fourth-order valence-electron chi connectivity index (χ4n) is 2.20. The molecule has 0 aliphatic heterocycles. The van der Waals surface area contributed by atoms with Crippen molar-refractivity contribution in [2.75, 3.05) is 6.61 Å². The molecule has 1 aromatic rings. The van der Waals surface area contributed by atoms with Crippen molar-refractivity contribution in [3.05, 3.63) is 15.6 Å². The van der Waals surface area contributed by atoms with Crippen molar-refractivity contribution in [3.63, 3.8) is 0 Å². The number of hydrogen-bond acceptors (Lipinski definition) is 4. The molecule has 3 rings (SSSR count). The van der Waals surface area contributed by atoms with Crippen LogP contribution >= 0.6 is 11.3 Å². The molecule has 2 aliphatic carbocycles. The van der Waals surface area contributed by atoms with Crippen LogP contribution in [0, 0.1) is 0 Å². The zero-order chi connectivity index (χ0) is 12.5. The van der Waals surface area contributed by atoms with E-state index in [1.165, 1.54) is 36.3 Å². The van der Waals surface area contributed by atoms with Crippen LogP contribution in [0.4, 0.5) is 0 Å². The van der Waals surface area contributed by atoms with E-state index in [4.69, 9.17) is 9.72 Å². The Bertz CT molecular complexity index is 410. The first kappa shape index (κ1) is 12.6. The molecule has 0 bridgehead atoms. The second-order valence-electron chi connectivity index (χ2n) is 5.39. The summed E-state index contributed by atoms with van der Waals surface area (Å²) in [6.07, 6.45) is 5.48. The third kappa shape index (κ3) is 2.92. The molecule has 0 amide bonds. The Balaban J connectivity index is 1.72. The highest BCUT2D eigenvalue weighted by atomic mass is 32.1. The van der Waals surface area contributed by atoms with Gasteiger partial charge in [0.2, 0.25) is 0 Å². The van der Waals surface area contributed by atoms with Crippen LogP contribution in [0.2, 0.25) is 0 Å². The molecule has 2 saturated carbocycles. The molecular formula is C14H22N2OS. The Hall–Kier alpha value is -0.450. The second-order valence-corrected chi connectivity index (χ2v) is 6.50. The van der Waals surface area contributed by atoms with Crippen LogP contribution in [-0.4, -0.2) is 17.6 Å². The Morgan fingerprint density at radius 3 is 2.78 bits per heavy atom. The maximum atomic E-state index is 5.66. The van der Waals surface area contributed by atoms with Gasteiger partial charge in [-0.2, -0.15) is 0 Å². The van der Waals surface area contributed by atoms with E-state index in [-0.39, 0.29) is 6.10 Å². The van der Waals surface area contributed by atoms with Crippen molar-refractivity contribution in [2.24, 2.45) is 0 Å². The molecule has 2 aliphatic rings. The molecule has 3 nitrogen and oxygen atoms in total. The lowest BCUT2D eigenvalue weighted by molar-refractivity contribution is 0.0761. The van der Waals surface area contributed by atoms with E-state index in [9.17, 15) is 0 Å². The predicted molar refractivity (Wildman–Crippen MR) is 74.0 cm³/mol. The molecule has 0 saturated heterocycles. The molecule has 1 aromatic heterocycles. The first-order valence-electron chi connectivity index (χ1n) is 7.12. The minimum absolute atomic E-state index is 0.146. The monoisotopic (exact) mass is 266 g/mol. The summed E-state index contributed by atoms with van der Waals surface area (Å²) < 4.78 is 5.66. The lowest BCUT2D eigenvalue weighted by Gasteiger charge is -2.06. The zero-order valence-corrected chi connectivity index (χ0v) is 12.1. The third-order valence-electron chi connectivity index (χ3n) is 3.60. The summed E-state index contributed by atoms with van der Waals surface area (Å²) in [5.74, 6) is 0.736. The number of aromatic nitrogens is 1. The van der Waals surface area contributed by atoms with Gasteiger partial charge in [0, 0.05) is 30.0 Å². The van der Waals surface area contributed by atoms with E-state index in [2.05, 4.69) is 12.2 Å². The van der Waals surface area contributed by atoms with Gasteiger partial charge in [-0.05, 0) is 39.5 Å². The molecule has 100 valence electrons. The molecule has 0 aromatic carbocycles. The molecular weight excluding hydrogens is 244 g/mol. The molecule has 18 heavy (non-hydrogen) atoms. The van der Waals surface area contributed by atoms with Gasteiger partial charge in [0.25, 0.3) is 0 Å². The standard InChI is InChI=1S/C14H22N2OS/c1-3-17-9(2)14-16-13(10-4-5-10)12(18-14)8-15-11-6-7-11/h9-11,15H,3-8H2,1-2H3. The first-order valence-corrected chi connectivity index (χ1v) is 7.94. The first-order chi connectivity index (χ1) is 8.78. The van der Waals surface area contributed by atoms with Gasteiger partial charge in [0.05, 0.1) is 5.69 Å². The number of thiazole rings is 1. The Morgan fingerprint density at radius 2 is 2.17 bits per heavy atom. The normalized spacial score (nSPS) is 21.2. The minimum Gasteiger partial charge on any atom is -0.372 e. The fourth-order valence-corrected chi connectivity index (χ4v) is 3.31. The van der Waals surface area contributed by atoms with Crippen molar-refractivity contribution in [1.82, 2.24) is 10.3 Å². The number of rotatable bonds is 7. The molecule has 0 radical (unpaired) electrons. The average Bonchev–Trinajstić information content (AvgIpc) is 3.26. The van der Waals surface area contributed by atoms with Crippen molar-refractivity contribution >= 4 is 11.3 Å². The Kier molecular flexibility index (Phi) is 3.68. The maximum absolute atomic E-state index is 5.66. The number of nitrogens with zero attached hydrogens (tertiary/aromatic N) is 1. The van der Waals surface area contributed by atoms with Crippen LogP contribution in [0.1, 0.15) is 67.1 Å². The van der Waals surface area contributed by atoms with E-state index in [0.29, 0.717) is 0 Å². The van der Waals surface area contributed by atoms with Crippen LogP contribution in [0.5, 0.6) is 0 Å². The van der Waals surface area contributed by atoms with Gasteiger partial charge in [-0.25, -0.2) is 4.98 Å². The quantitative estimate of drug-likeness (QED) is 0.821. The summed E-state index contributed by atoms with van der Waals surface area (Å²) in [4.78, 5) is 6.29. The van der Waals surface area contributed by atoms with Crippen molar-refractivity contribution < 1.29 is 4.74 Å². The van der Waals surface area contributed by atoms with Gasteiger partial charge >= 0.3 is 0 Å². The van der Waals surface area contributed by atoms with Gasteiger partial charge in [-0.1, -0.05) is 0 Å². The molecule has 1 atom stereocenters. The summed E-state index contributed by atoms with van der Waals surface area (Å²) in [6, 6.07) is 0.770. The predicted octanol–water partition coefficient (Wildman–Crippen LogP) is 3.37. The maximum Gasteiger partial charge on any atom is 0.122 e. The van der Waals surface area contributed by atoms with Gasteiger partial charge < -0.3 is 10.1 Å². The Labute approximate surface area is 113 Å². The summed E-state index contributed by atoms with van der Waals surface area (Å²) in [7, 11) is 0. The topological polar surface area (TPSA) is 34.1 Å². The number of ether oxygens (including phenoxy) is 1. The molecule has 1 N–H and O–H groups in total. The lowest BCUT2D eigenvalue weighted by atomic mass is 10.2. The van der Waals surface area contributed by atoms with E-state index in [1.54, 1.807) is 0 Å². The van der Waals surface area contributed by atoms with Crippen LogP contribution in [0.15, 0.2) is 0 Å². The van der Waals surface area contributed by atoms with Crippen LogP contribution in [0.3, 0.4) is 0 Å². The molecule has 0 spiro atoms. The SMILES string of the molecule is CCOC(C)c1nc(C2CC2)c(CNC2CC2)s1. The molecule has 4 heteroatoms. The average molecular weight is 266 g/mol. The highest BCUT2D eigenvalue weighted by molar-refractivity contribution is 7.11. The highest BCUT2D eigenvalue weighted by Crippen LogP contribution is 2.43. The third-order valence-corrected chi connectivity index (χ3v) is 4.83. The number of hydrogen-bond donors (Lipinski definition) is 1. The zero-order valence-electron chi connectivity index (χ0n) is 11.2. The fraction of sp³-hybridized carbons (Fsp3) is 0.786. The Morgan fingerprint density at radius 1 is 1.39 bits per heavy atom. The van der Waals surface area contributed by atoms with Gasteiger partial charge in [-0.3, -0.25) is 0 Å². The molecule has 1 unspecified atom stereocenters. The smallest absolute Gasteiger partial charge is 0.122 e. The summed E-state index contributed by atoms with van der Waals surface area (Å²) in [5, 5.41) is 4.77. The van der Waals surface area contributed by atoms with Gasteiger partial charge in [0.15, 0.2) is 0 Å². The minimum atomic E-state index is 0.146. The summed E-state index contributed by atoms with van der Waals surface area (Å²) in [6.45, 7) is 5.92.